The van der Waals surface area contributed by atoms with Crippen molar-refractivity contribution in [1.29, 1.82) is 0 Å². The molecule has 2 aromatic carbocycles. The summed E-state index contributed by atoms with van der Waals surface area (Å²) in [4.78, 5) is 32.9. The van der Waals surface area contributed by atoms with Gasteiger partial charge in [0, 0.05) is 28.5 Å². The van der Waals surface area contributed by atoms with Gasteiger partial charge in [-0.1, -0.05) is 53.3 Å². The van der Waals surface area contributed by atoms with Crippen LogP contribution in [-0.4, -0.2) is 20.3 Å². The third-order valence-electron chi connectivity index (χ3n) is 6.86. The number of anilines is 1. The van der Waals surface area contributed by atoms with E-state index in [1.54, 1.807) is 16.7 Å². The Morgan fingerprint density at radius 1 is 1.11 bits per heavy atom. The molecule has 9 heteroatoms. The van der Waals surface area contributed by atoms with Crippen LogP contribution >= 0.6 is 22.9 Å². The van der Waals surface area contributed by atoms with Crippen LogP contribution in [-0.2, 0) is 11.3 Å². The summed E-state index contributed by atoms with van der Waals surface area (Å²) in [6, 6.07) is 14.2. The molecule has 0 bridgehead atoms. The topological polar surface area (TPSA) is 81.3 Å². The molecule has 0 saturated heterocycles. The van der Waals surface area contributed by atoms with Crippen LogP contribution in [0.5, 0.6) is 0 Å². The van der Waals surface area contributed by atoms with Crippen LogP contribution in [0.25, 0.3) is 6.08 Å². The first-order valence-electron chi connectivity index (χ1n) is 12.4. The minimum Gasteiger partial charge on any atom is -0.322 e. The van der Waals surface area contributed by atoms with E-state index in [0.717, 1.165) is 34.6 Å². The largest absolute Gasteiger partial charge is 0.322 e. The molecule has 194 valence electrons. The summed E-state index contributed by atoms with van der Waals surface area (Å²) in [5.41, 5.74) is 5.99. The number of thiazole rings is 1. The van der Waals surface area contributed by atoms with Crippen molar-refractivity contribution in [3.63, 3.8) is 0 Å². The summed E-state index contributed by atoms with van der Waals surface area (Å²) in [5.74, 6) is -0.300. The van der Waals surface area contributed by atoms with E-state index in [0.29, 0.717) is 31.3 Å². The molecule has 0 unspecified atom stereocenters. The Balaban J connectivity index is 1.69. The smallest absolute Gasteiger partial charge is 0.271 e. The first-order valence-corrected chi connectivity index (χ1v) is 13.6. The fourth-order valence-corrected chi connectivity index (χ4v) is 5.99. The van der Waals surface area contributed by atoms with E-state index in [1.165, 1.54) is 11.3 Å². The number of allylic oxidation sites excluding steroid dienone is 1. The number of nitrogens with one attached hydrogen (secondary N) is 1. The maximum atomic E-state index is 13.9. The van der Waals surface area contributed by atoms with E-state index in [4.69, 9.17) is 16.6 Å². The van der Waals surface area contributed by atoms with E-state index in [9.17, 15) is 9.59 Å². The number of aromatic nitrogens is 3. The normalized spacial score (nSPS) is 15.4. The predicted molar refractivity (Wildman–Crippen MR) is 152 cm³/mol. The molecule has 0 saturated carbocycles. The maximum absolute atomic E-state index is 13.9. The number of fused-ring (bicyclic) bond motifs is 1. The summed E-state index contributed by atoms with van der Waals surface area (Å²) < 4.78 is 4.08. The number of carbonyl (C=O) groups is 1. The standard InChI is InChI=1S/C29H28ClN5O2S/c1-6-34-19(5)22(17(3)33-34)15-24-28(37)35-26(20-11-13-21(30)14-12-20)25(18(4)31-29(35)38-24)27(36)32-23-10-8-7-9-16(23)2/h7-15,26H,6H2,1-5H3,(H,32,36)/b24-15-/t26-/m1/s1. The molecule has 1 aliphatic heterocycles. The number of para-hydroxylation sites is 1. The lowest BCUT2D eigenvalue weighted by molar-refractivity contribution is -0.113. The first-order chi connectivity index (χ1) is 18.2. The number of amides is 1. The lowest BCUT2D eigenvalue weighted by atomic mass is 9.95. The molecular weight excluding hydrogens is 518 g/mol. The van der Waals surface area contributed by atoms with Gasteiger partial charge in [-0.3, -0.25) is 18.8 Å². The van der Waals surface area contributed by atoms with Crippen molar-refractivity contribution in [3.05, 3.63) is 113 Å². The van der Waals surface area contributed by atoms with Gasteiger partial charge >= 0.3 is 0 Å². The van der Waals surface area contributed by atoms with Gasteiger partial charge in [0.2, 0.25) is 0 Å². The summed E-state index contributed by atoms with van der Waals surface area (Å²) in [6.07, 6.45) is 1.89. The lowest BCUT2D eigenvalue weighted by Gasteiger charge is -2.25. The molecule has 0 aliphatic carbocycles. The molecular formula is C29H28ClN5O2S. The van der Waals surface area contributed by atoms with E-state index < -0.39 is 6.04 Å². The molecule has 0 radical (unpaired) electrons. The fourth-order valence-electron chi connectivity index (χ4n) is 4.83. The van der Waals surface area contributed by atoms with Gasteiger partial charge in [-0.15, -0.1) is 0 Å². The number of nitrogens with zero attached hydrogens (tertiary/aromatic N) is 4. The van der Waals surface area contributed by atoms with Crippen LogP contribution in [0.1, 0.15) is 48.0 Å². The monoisotopic (exact) mass is 545 g/mol. The number of benzene rings is 2. The molecule has 1 aliphatic rings. The second-order valence-corrected chi connectivity index (χ2v) is 10.7. The minimum absolute atomic E-state index is 0.203. The van der Waals surface area contributed by atoms with Gasteiger partial charge in [0.05, 0.1) is 27.5 Å². The number of hydrogen-bond donors (Lipinski definition) is 1. The molecule has 38 heavy (non-hydrogen) atoms. The Bertz CT molecular complexity index is 1780. The number of halogens is 1. The van der Waals surface area contributed by atoms with Crippen molar-refractivity contribution in [2.24, 2.45) is 4.99 Å². The second-order valence-electron chi connectivity index (χ2n) is 9.30. The Morgan fingerprint density at radius 3 is 2.47 bits per heavy atom. The third kappa shape index (κ3) is 4.54. The van der Waals surface area contributed by atoms with Gasteiger partial charge in [0.1, 0.15) is 0 Å². The molecule has 2 aromatic heterocycles. The molecule has 0 spiro atoms. The Morgan fingerprint density at radius 2 is 1.82 bits per heavy atom. The van der Waals surface area contributed by atoms with E-state index >= 15 is 0 Å². The molecule has 1 amide bonds. The highest BCUT2D eigenvalue weighted by atomic mass is 35.5. The minimum atomic E-state index is -0.657. The van der Waals surface area contributed by atoms with Crippen LogP contribution in [0.3, 0.4) is 0 Å². The van der Waals surface area contributed by atoms with Crippen molar-refractivity contribution in [1.82, 2.24) is 14.3 Å². The summed E-state index contributed by atoms with van der Waals surface area (Å²) >= 11 is 7.50. The van der Waals surface area contributed by atoms with Gasteiger partial charge in [-0.05, 0) is 70.0 Å². The van der Waals surface area contributed by atoms with Gasteiger partial charge < -0.3 is 5.32 Å². The van der Waals surface area contributed by atoms with Gasteiger partial charge in [0.25, 0.3) is 11.5 Å². The van der Waals surface area contributed by atoms with Crippen molar-refractivity contribution in [3.8, 4) is 0 Å². The Labute approximate surface area is 229 Å². The summed E-state index contributed by atoms with van der Waals surface area (Å²) in [7, 11) is 0. The summed E-state index contributed by atoms with van der Waals surface area (Å²) in [5, 5.41) is 8.19. The molecule has 5 rings (SSSR count). The van der Waals surface area contributed by atoms with E-state index in [-0.39, 0.29) is 11.5 Å². The summed E-state index contributed by atoms with van der Waals surface area (Å²) in [6.45, 7) is 10.5. The van der Waals surface area contributed by atoms with Crippen LogP contribution in [0.4, 0.5) is 5.69 Å². The highest BCUT2D eigenvalue weighted by molar-refractivity contribution is 7.07. The van der Waals surface area contributed by atoms with Gasteiger partial charge in [-0.2, -0.15) is 5.10 Å². The maximum Gasteiger partial charge on any atom is 0.271 e. The van der Waals surface area contributed by atoms with Gasteiger partial charge in [0.15, 0.2) is 4.80 Å². The molecule has 1 N–H and O–H groups in total. The highest BCUT2D eigenvalue weighted by Crippen LogP contribution is 2.31. The third-order valence-corrected chi connectivity index (χ3v) is 8.09. The van der Waals surface area contributed by atoms with E-state index in [1.807, 2.05) is 81.8 Å². The van der Waals surface area contributed by atoms with Crippen molar-refractivity contribution >= 4 is 40.6 Å². The second kappa shape index (κ2) is 10.2. The van der Waals surface area contributed by atoms with E-state index in [2.05, 4.69) is 10.4 Å². The number of aryl methyl sites for hydroxylation is 3. The molecule has 0 fully saturated rings. The zero-order valence-electron chi connectivity index (χ0n) is 21.9. The number of hydrogen-bond acceptors (Lipinski definition) is 5. The highest BCUT2D eigenvalue weighted by Gasteiger charge is 2.32. The molecule has 3 heterocycles. The average molecular weight is 546 g/mol. The first kappa shape index (κ1) is 25.9. The SMILES string of the molecule is CCn1nc(C)c(/C=c2\sc3n(c2=O)[C@H](c2ccc(Cl)cc2)C(C(=O)Nc2ccccc2C)=C(C)N=3)c1C. The fraction of sp³-hybridized carbons (Fsp3) is 0.241. The van der Waals surface area contributed by atoms with Crippen molar-refractivity contribution in [2.45, 2.75) is 47.2 Å². The van der Waals surface area contributed by atoms with Crippen LogP contribution < -0.4 is 20.2 Å². The molecule has 4 aromatic rings. The quantitative estimate of drug-likeness (QED) is 0.396. The zero-order valence-corrected chi connectivity index (χ0v) is 23.4. The van der Waals surface area contributed by atoms with Crippen LogP contribution in [0.2, 0.25) is 5.02 Å². The average Bonchev–Trinajstić information content (AvgIpc) is 3.35. The number of carbonyl (C=O) groups excluding carboxylic acids is 1. The Kier molecular flexibility index (Phi) is 6.94. The molecule has 1 atom stereocenters. The van der Waals surface area contributed by atoms with Gasteiger partial charge in [-0.25, -0.2) is 4.99 Å². The zero-order chi connectivity index (χ0) is 27.1. The Hall–Kier alpha value is -3.75. The van der Waals surface area contributed by atoms with Crippen molar-refractivity contribution in [2.75, 3.05) is 5.32 Å². The predicted octanol–water partition coefficient (Wildman–Crippen LogP) is 4.67. The van der Waals surface area contributed by atoms with Crippen LogP contribution in [0, 0.1) is 20.8 Å². The lowest BCUT2D eigenvalue weighted by Crippen LogP contribution is -2.40. The molecule has 7 nitrogen and oxygen atoms in total. The number of rotatable bonds is 5. The van der Waals surface area contributed by atoms with Crippen molar-refractivity contribution < 1.29 is 4.79 Å². The van der Waals surface area contributed by atoms with Crippen LogP contribution in [0.15, 0.2) is 69.6 Å².